The number of hydrogen-bond donors (Lipinski definition) is 2. The summed E-state index contributed by atoms with van der Waals surface area (Å²) in [5.74, 6) is 0.225. The second kappa shape index (κ2) is 10.6. The number of amides is 2. The van der Waals surface area contributed by atoms with Crippen LogP contribution in [0.15, 0.2) is 77.8 Å². The van der Waals surface area contributed by atoms with Gasteiger partial charge in [-0.2, -0.15) is 0 Å². The standard InChI is InChI=1S/C28H29N3O2S/c1-19-8-10-23(11-9-19)30-27(32)18-34-26-17-31(25-7-5-4-6-24(25)26)13-12-29-28(33)22-15-20(2)14-21(3)16-22/h4-11,14-17H,12-13,18H2,1-3H3,(H,29,33)(H,30,32). The molecular formula is C28H29N3O2S. The third-order valence-corrected chi connectivity index (χ3v) is 6.61. The first-order valence-corrected chi connectivity index (χ1v) is 12.3. The van der Waals surface area contributed by atoms with Crippen LogP contribution >= 0.6 is 11.8 Å². The number of thioether (sulfide) groups is 1. The van der Waals surface area contributed by atoms with Crippen molar-refractivity contribution in [2.24, 2.45) is 0 Å². The largest absolute Gasteiger partial charge is 0.350 e. The van der Waals surface area contributed by atoms with Crippen molar-refractivity contribution >= 4 is 40.2 Å². The van der Waals surface area contributed by atoms with E-state index in [2.05, 4.69) is 39.6 Å². The molecule has 5 nitrogen and oxygen atoms in total. The van der Waals surface area contributed by atoms with Gasteiger partial charge in [0, 0.05) is 46.3 Å². The molecule has 2 N–H and O–H groups in total. The molecule has 34 heavy (non-hydrogen) atoms. The summed E-state index contributed by atoms with van der Waals surface area (Å²) in [6, 6.07) is 21.8. The molecule has 4 aromatic rings. The first kappa shape index (κ1) is 23.6. The normalized spacial score (nSPS) is 10.9. The number of carbonyl (C=O) groups is 2. The fourth-order valence-corrected chi connectivity index (χ4v) is 4.88. The maximum atomic E-state index is 12.6. The van der Waals surface area contributed by atoms with E-state index in [1.807, 2.05) is 69.3 Å². The quantitative estimate of drug-likeness (QED) is 0.323. The summed E-state index contributed by atoms with van der Waals surface area (Å²) in [5, 5.41) is 7.08. The van der Waals surface area contributed by atoms with Gasteiger partial charge < -0.3 is 15.2 Å². The number of hydrogen-bond acceptors (Lipinski definition) is 3. The van der Waals surface area contributed by atoms with Gasteiger partial charge in [-0.15, -0.1) is 11.8 Å². The molecule has 3 aromatic carbocycles. The van der Waals surface area contributed by atoms with Crippen LogP contribution in [-0.2, 0) is 11.3 Å². The minimum atomic E-state index is -0.0642. The molecule has 0 saturated heterocycles. The molecule has 0 aliphatic carbocycles. The Morgan fingerprint density at radius 2 is 1.59 bits per heavy atom. The van der Waals surface area contributed by atoms with E-state index >= 15 is 0 Å². The van der Waals surface area contributed by atoms with Gasteiger partial charge in [-0.25, -0.2) is 0 Å². The molecule has 0 atom stereocenters. The van der Waals surface area contributed by atoms with Crippen molar-refractivity contribution in [2.45, 2.75) is 32.2 Å². The van der Waals surface area contributed by atoms with Gasteiger partial charge >= 0.3 is 0 Å². The number of nitrogens with one attached hydrogen (secondary N) is 2. The lowest BCUT2D eigenvalue weighted by Gasteiger charge is -2.09. The first-order valence-electron chi connectivity index (χ1n) is 11.3. The van der Waals surface area contributed by atoms with Crippen molar-refractivity contribution in [3.63, 3.8) is 0 Å². The maximum Gasteiger partial charge on any atom is 0.251 e. The average Bonchev–Trinajstić information content (AvgIpc) is 3.16. The van der Waals surface area contributed by atoms with Crippen molar-refractivity contribution in [1.29, 1.82) is 0 Å². The van der Waals surface area contributed by atoms with E-state index in [1.54, 1.807) is 0 Å². The van der Waals surface area contributed by atoms with Gasteiger partial charge in [0.2, 0.25) is 5.91 Å². The van der Waals surface area contributed by atoms with Crippen LogP contribution in [0.5, 0.6) is 0 Å². The van der Waals surface area contributed by atoms with Gasteiger partial charge in [0.15, 0.2) is 0 Å². The molecule has 174 valence electrons. The minimum absolute atomic E-state index is 0.0357. The molecule has 0 aliphatic rings. The monoisotopic (exact) mass is 471 g/mol. The third kappa shape index (κ3) is 5.88. The van der Waals surface area contributed by atoms with Crippen LogP contribution in [0.25, 0.3) is 10.9 Å². The number of fused-ring (bicyclic) bond motifs is 1. The summed E-state index contributed by atoms with van der Waals surface area (Å²) >= 11 is 1.52. The van der Waals surface area contributed by atoms with Crippen LogP contribution in [-0.4, -0.2) is 28.7 Å². The van der Waals surface area contributed by atoms with Crippen molar-refractivity contribution in [3.8, 4) is 0 Å². The molecule has 0 spiro atoms. The summed E-state index contributed by atoms with van der Waals surface area (Å²) in [4.78, 5) is 26.1. The summed E-state index contributed by atoms with van der Waals surface area (Å²) in [6.45, 7) is 7.17. The average molecular weight is 472 g/mol. The number of para-hydroxylation sites is 1. The van der Waals surface area contributed by atoms with Crippen molar-refractivity contribution in [1.82, 2.24) is 9.88 Å². The molecule has 0 bridgehead atoms. The molecule has 0 radical (unpaired) electrons. The van der Waals surface area contributed by atoms with Crippen molar-refractivity contribution in [2.75, 3.05) is 17.6 Å². The highest BCUT2D eigenvalue weighted by atomic mass is 32.2. The Balaban J connectivity index is 1.38. The summed E-state index contributed by atoms with van der Waals surface area (Å²) in [5.41, 5.74) is 5.89. The second-order valence-electron chi connectivity index (χ2n) is 8.54. The molecule has 1 heterocycles. The van der Waals surface area contributed by atoms with Crippen LogP contribution in [0.2, 0.25) is 0 Å². The van der Waals surface area contributed by atoms with Crippen LogP contribution < -0.4 is 10.6 Å². The zero-order chi connectivity index (χ0) is 24.1. The van der Waals surface area contributed by atoms with E-state index in [-0.39, 0.29) is 11.8 Å². The van der Waals surface area contributed by atoms with Crippen LogP contribution in [0.3, 0.4) is 0 Å². The first-order chi connectivity index (χ1) is 16.4. The molecule has 6 heteroatoms. The SMILES string of the molecule is Cc1ccc(NC(=O)CSc2cn(CCNC(=O)c3cc(C)cc(C)c3)c3ccccc23)cc1. The molecule has 0 unspecified atom stereocenters. The van der Waals surface area contributed by atoms with E-state index in [1.165, 1.54) is 11.8 Å². The number of nitrogens with zero attached hydrogens (tertiary/aromatic N) is 1. The molecule has 0 saturated carbocycles. The van der Waals surface area contributed by atoms with Crippen LogP contribution in [0.1, 0.15) is 27.0 Å². The number of benzene rings is 3. The topological polar surface area (TPSA) is 63.1 Å². The van der Waals surface area contributed by atoms with Crippen molar-refractivity contribution < 1.29 is 9.59 Å². The highest BCUT2D eigenvalue weighted by molar-refractivity contribution is 8.00. The highest BCUT2D eigenvalue weighted by Gasteiger charge is 2.12. The maximum absolute atomic E-state index is 12.6. The van der Waals surface area contributed by atoms with E-state index in [0.717, 1.165) is 38.2 Å². The number of carbonyl (C=O) groups excluding carboxylic acids is 2. The predicted octanol–water partition coefficient (Wildman–Crippen LogP) is 5.73. The molecule has 4 rings (SSSR count). The van der Waals surface area contributed by atoms with Crippen LogP contribution in [0.4, 0.5) is 5.69 Å². The number of rotatable bonds is 8. The smallest absolute Gasteiger partial charge is 0.251 e. The van der Waals surface area contributed by atoms with Gasteiger partial charge in [0.1, 0.15) is 0 Å². The molecule has 1 aromatic heterocycles. The fraction of sp³-hybridized carbons (Fsp3) is 0.214. The number of aryl methyl sites for hydroxylation is 3. The second-order valence-corrected chi connectivity index (χ2v) is 9.56. The van der Waals surface area contributed by atoms with Gasteiger partial charge in [-0.1, -0.05) is 53.1 Å². The molecule has 0 aliphatic heterocycles. The van der Waals surface area contributed by atoms with Crippen molar-refractivity contribution in [3.05, 3.63) is 95.2 Å². The Morgan fingerprint density at radius 1 is 0.882 bits per heavy atom. The van der Waals surface area contributed by atoms with Crippen LogP contribution in [0, 0.1) is 20.8 Å². The molecule has 0 fully saturated rings. The van der Waals surface area contributed by atoms with E-state index in [9.17, 15) is 9.59 Å². The zero-order valence-corrected chi connectivity index (χ0v) is 20.5. The Bertz CT molecular complexity index is 1310. The fourth-order valence-electron chi connectivity index (χ4n) is 3.99. The van der Waals surface area contributed by atoms with E-state index in [0.29, 0.717) is 24.4 Å². The Labute approximate surface area is 204 Å². The Morgan fingerprint density at radius 3 is 2.32 bits per heavy atom. The summed E-state index contributed by atoms with van der Waals surface area (Å²) in [6.07, 6.45) is 2.07. The van der Waals surface area contributed by atoms with Gasteiger partial charge in [-0.3, -0.25) is 9.59 Å². The van der Waals surface area contributed by atoms with Gasteiger partial charge in [-0.05, 0) is 51.1 Å². The van der Waals surface area contributed by atoms with Gasteiger partial charge in [0.25, 0.3) is 5.91 Å². The van der Waals surface area contributed by atoms with Gasteiger partial charge in [0.05, 0.1) is 5.75 Å². The summed E-state index contributed by atoms with van der Waals surface area (Å²) < 4.78 is 2.14. The summed E-state index contributed by atoms with van der Waals surface area (Å²) in [7, 11) is 0. The highest BCUT2D eigenvalue weighted by Crippen LogP contribution is 2.30. The lowest BCUT2D eigenvalue weighted by molar-refractivity contribution is -0.113. The predicted molar refractivity (Wildman–Crippen MR) is 141 cm³/mol. The number of anilines is 1. The zero-order valence-electron chi connectivity index (χ0n) is 19.7. The molecule has 2 amide bonds. The van der Waals surface area contributed by atoms with E-state index < -0.39 is 0 Å². The Kier molecular flexibility index (Phi) is 7.38. The third-order valence-electron chi connectivity index (χ3n) is 5.57. The lowest BCUT2D eigenvalue weighted by Crippen LogP contribution is -2.27. The Hall–Kier alpha value is -3.51. The number of aromatic nitrogens is 1. The van der Waals surface area contributed by atoms with E-state index in [4.69, 9.17) is 0 Å². The minimum Gasteiger partial charge on any atom is -0.350 e. The lowest BCUT2D eigenvalue weighted by atomic mass is 10.1. The molecular weight excluding hydrogens is 442 g/mol.